The van der Waals surface area contributed by atoms with Crippen LogP contribution < -0.4 is 0 Å². The number of carboxylic acids is 1. The molecule has 0 aromatic heterocycles. The van der Waals surface area contributed by atoms with E-state index in [0.717, 1.165) is 6.42 Å². The van der Waals surface area contributed by atoms with Crippen molar-refractivity contribution in [1.82, 2.24) is 4.90 Å². The molecule has 1 N–H and O–H groups in total. The van der Waals surface area contributed by atoms with E-state index in [-0.39, 0.29) is 18.4 Å². The van der Waals surface area contributed by atoms with Gasteiger partial charge in [-0.3, -0.25) is 4.79 Å². The fraction of sp³-hybridized carbons (Fsp3) is 0.857. The van der Waals surface area contributed by atoms with Gasteiger partial charge in [0.25, 0.3) is 0 Å². The first kappa shape index (κ1) is 14.3. The third kappa shape index (κ3) is 3.47. The van der Waals surface area contributed by atoms with Crippen molar-refractivity contribution in [3.8, 4) is 0 Å². The number of carbonyl (C=O) groups excluding carboxylic acids is 1. The topological polar surface area (TPSA) is 66.8 Å². The van der Waals surface area contributed by atoms with Crippen LogP contribution in [0.1, 0.15) is 39.0 Å². The number of amides is 1. The summed E-state index contributed by atoms with van der Waals surface area (Å²) in [7, 11) is 0. The van der Waals surface area contributed by atoms with E-state index in [4.69, 9.17) is 9.84 Å². The zero-order chi connectivity index (χ0) is 13.8. The van der Waals surface area contributed by atoms with Crippen molar-refractivity contribution in [3.63, 3.8) is 0 Å². The minimum atomic E-state index is -0.971. The monoisotopic (exact) mass is 269 g/mol. The van der Waals surface area contributed by atoms with Crippen molar-refractivity contribution in [1.29, 1.82) is 0 Å². The van der Waals surface area contributed by atoms with Gasteiger partial charge in [0.05, 0.1) is 13.2 Å². The van der Waals surface area contributed by atoms with Gasteiger partial charge in [-0.05, 0) is 12.3 Å². The van der Waals surface area contributed by atoms with Crippen LogP contribution in [0.3, 0.4) is 0 Å². The van der Waals surface area contributed by atoms with E-state index in [1.165, 1.54) is 30.6 Å². The zero-order valence-electron chi connectivity index (χ0n) is 11.5. The largest absolute Gasteiger partial charge is 0.480 e. The lowest BCUT2D eigenvalue weighted by molar-refractivity contribution is -0.160. The van der Waals surface area contributed by atoms with Gasteiger partial charge in [0.15, 0.2) is 6.04 Å². The number of carbonyl (C=O) groups is 2. The first-order valence-electron chi connectivity index (χ1n) is 7.20. The van der Waals surface area contributed by atoms with Crippen molar-refractivity contribution < 1.29 is 19.4 Å². The van der Waals surface area contributed by atoms with Gasteiger partial charge >= 0.3 is 5.97 Å². The molecule has 2 fully saturated rings. The lowest BCUT2D eigenvalue weighted by atomic mass is 9.93. The fourth-order valence-electron chi connectivity index (χ4n) is 3.20. The van der Waals surface area contributed by atoms with Crippen LogP contribution in [0.4, 0.5) is 0 Å². The maximum atomic E-state index is 12.4. The van der Waals surface area contributed by atoms with Crippen LogP contribution in [0.15, 0.2) is 0 Å². The van der Waals surface area contributed by atoms with Gasteiger partial charge in [0.1, 0.15) is 0 Å². The van der Waals surface area contributed by atoms with Gasteiger partial charge in [-0.2, -0.15) is 0 Å². The van der Waals surface area contributed by atoms with Crippen molar-refractivity contribution in [3.05, 3.63) is 0 Å². The minimum absolute atomic E-state index is 0.0254. The average molecular weight is 269 g/mol. The van der Waals surface area contributed by atoms with Crippen LogP contribution in [-0.2, 0) is 14.3 Å². The van der Waals surface area contributed by atoms with Crippen LogP contribution in [0.2, 0.25) is 0 Å². The highest BCUT2D eigenvalue weighted by atomic mass is 16.5. The van der Waals surface area contributed by atoms with Gasteiger partial charge in [0.2, 0.25) is 5.91 Å². The summed E-state index contributed by atoms with van der Waals surface area (Å²) in [5.74, 6) is -0.435. The molecule has 0 aromatic rings. The molecule has 5 nitrogen and oxygen atoms in total. The highest BCUT2D eigenvalue weighted by Crippen LogP contribution is 2.31. The molecule has 1 heterocycles. The maximum absolute atomic E-state index is 12.4. The van der Waals surface area contributed by atoms with E-state index < -0.39 is 12.0 Å². The highest BCUT2D eigenvalue weighted by molar-refractivity contribution is 5.85. The Morgan fingerprint density at radius 1 is 1.37 bits per heavy atom. The zero-order valence-corrected chi connectivity index (χ0v) is 11.5. The molecule has 0 spiro atoms. The molecule has 1 amide bonds. The second-order valence-corrected chi connectivity index (χ2v) is 5.75. The highest BCUT2D eigenvalue weighted by Gasteiger charge is 2.35. The van der Waals surface area contributed by atoms with Gasteiger partial charge in [-0.15, -0.1) is 0 Å². The second-order valence-electron chi connectivity index (χ2n) is 5.75. The predicted octanol–water partition coefficient (Wildman–Crippen LogP) is 1.51. The van der Waals surface area contributed by atoms with Gasteiger partial charge in [0, 0.05) is 12.5 Å². The van der Waals surface area contributed by atoms with E-state index in [1.807, 2.05) is 6.92 Å². The lowest BCUT2D eigenvalue weighted by Crippen LogP contribution is -2.54. The summed E-state index contributed by atoms with van der Waals surface area (Å²) < 4.78 is 5.16. The van der Waals surface area contributed by atoms with Gasteiger partial charge in [-0.25, -0.2) is 4.79 Å². The summed E-state index contributed by atoms with van der Waals surface area (Å²) in [5, 5.41) is 9.15. The van der Waals surface area contributed by atoms with E-state index in [9.17, 15) is 9.59 Å². The number of carboxylic acid groups (broad SMARTS) is 1. The van der Waals surface area contributed by atoms with E-state index in [1.54, 1.807) is 0 Å². The molecule has 5 heteroatoms. The van der Waals surface area contributed by atoms with E-state index in [2.05, 4.69) is 0 Å². The molecule has 2 aliphatic rings. The molecule has 1 saturated carbocycles. The third-order valence-corrected chi connectivity index (χ3v) is 4.28. The first-order valence-corrected chi connectivity index (χ1v) is 7.20. The molecule has 0 bridgehead atoms. The number of hydrogen-bond donors (Lipinski definition) is 1. The molecular formula is C14H23NO4. The predicted molar refractivity (Wildman–Crippen MR) is 69.7 cm³/mol. The van der Waals surface area contributed by atoms with E-state index in [0.29, 0.717) is 19.1 Å². The standard InChI is InChI=1S/C14H23NO4/c1-10(8-11-4-2-3-5-11)13(16)15-6-7-19-9-12(15)14(17)18/h10-12H,2-9H2,1H3,(H,17,18). The molecule has 0 radical (unpaired) electrons. The van der Waals surface area contributed by atoms with Gasteiger partial charge in [-0.1, -0.05) is 32.6 Å². The number of ether oxygens (including phenoxy) is 1. The molecule has 2 rings (SSSR count). The van der Waals surface area contributed by atoms with E-state index >= 15 is 0 Å². The first-order chi connectivity index (χ1) is 9.09. The maximum Gasteiger partial charge on any atom is 0.328 e. The Bertz CT molecular complexity index is 338. The lowest BCUT2D eigenvalue weighted by Gasteiger charge is -2.35. The SMILES string of the molecule is CC(CC1CCCC1)C(=O)N1CCOCC1C(=O)O. The van der Waals surface area contributed by atoms with Crippen molar-refractivity contribution in [2.75, 3.05) is 19.8 Å². The summed E-state index contributed by atoms with van der Waals surface area (Å²) in [6, 6.07) is -0.813. The summed E-state index contributed by atoms with van der Waals surface area (Å²) in [5.41, 5.74) is 0. The normalized spacial score (nSPS) is 26.4. The number of morpholine rings is 1. The Morgan fingerprint density at radius 2 is 2.05 bits per heavy atom. The number of hydrogen-bond acceptors (Lipinski definition) is 3. The molecule has 1 aliphatic carbocycles. The summed E-state index contributed by atoms with van der Waals surface area (Å²) in [6.45, 7) is 2.86. The molecular weight excluding hydrogens is 246 g/mol. The van der Waals surface area contributed by atoms with Crippen molar-refractivity contribution in [2.24, 2.45) is 11.8 Å². The van der Waals surface area contributed by atoms with Gasteiger partial charge < -0.3 is 14.7 Å². The quantitative estimate of drug-likeness (QED) is 0.840. The Labute approximate surface area is 113 Å². The third-order valence-electron chi connectivity index (χ3n) is 4.28. The molecule has 108 valence electrons. The molecule has 19 heavy (non-hydrogen) atoms. The van der Waals surface area contributed by atoms with Crippen LogP contribution >= 0.6 is 0 Å². The van der Waals surface area contributed by atoms with Crippen LogP contribution in [0.25, 0.3) is 0 Å². The summed E-state index contributed by atoms with van der Waals surface area (Å²) in [6.07, 6.45) is 5.84. The number of aliphatic carboxylic acids is 1. The molecule has 2 atom stereocenters. The smallest absolute Gasteiger partial charge is 0.328 e. The second kappa shape index (κ2) is 6.37. The summed E-state index contributed by atoms with van der Waals surface area (Å²) >= 11 is 0. The Hall–Kier alpha value is -1.10. The minimum Gasteiger partial charge on any atom is -0.480 e. The van der Waals surface area contributed by atoms with Crippen molar-refractivity contribution >= 4 is 11.9 Å². The van der Waals surface area contributed by atoms with Crippen LogP contribution in [-0.4, -0.2) is 47.7 Å². The Morgan fingerprint density at radius 3 is 2.68 bits per heavy atom. The Balaban J connectivity index is 1.93. The molecule has 1 aliphatic heterocycles. The van der Waals surface area contributed by atoms with Crippen molar-refractivity contribution in [2.45, 2.75) is 45.1 Å². The fourth-order valence-corrected chi connectivity index (χ4v) is 3.20. The number of nitrogens with zero attached hydrogens (tertiary/aromatic N) is 1. The number of rotatable bonds is 4. The average Bonchev–Trinajstić information content (AvgIpc) is 2.90. The molecule has 2 unspecified atom stereocenters. The molecule has 1 saturated heterocycles. The Kier molecular flexibility index (Phi) is 4.80. The van der Waals surface area contributed by atoms with Crippen LogP contribution in [0, 0.1) is 11.8 Å². The van der Waals surface area contributed by atoms with Crippen LogP contribution in [0.5, 0.6) is 0 Å². The molecule has 0 aromatic carbocycles. The summed E-state index contributed by atoms with van der Waals surface area (Å²) in [4.78, 5) is 25.1.